The molecule has 0 aliphatic heterocycles. The SMILES string of the molecule is CC(NC(=O)OC(C)(C)C)C(=O)N(Cc1ccccc1)Cc1ccccc1. The molecule has 0 aliphatic rings. The quantitative estimate of drug-likeness (QED) is 0.834. The molecule has 0 heterocycles. The summed E-state index contributed by atoms with van der Waals surface area (Å²) in [5, 5.41) is 2.64. The van der Waals surface area contributed by atoms with Crippen molar-refractivity contribution in [1.29, 1.82) is 0 Å². The predicted molar refractivity (Wildman–Crippen MR) is 106 cm³/mol. The van der Waals surface area contributed by atoms with Gasteiger partial charge in [-0.25, -0.2) is 4.79 Å². The Balaban J connectivity index is 2.10. The number of hydrogen-bond donors (Lipinski definition) is 1. The highest BCUT2D eigenvalue weighted by Crippen LogP contribution is 2.12. The minimum Gasteiger partial charge on any atom is -0.444 e. The fraction of sp³-hybridized carbons (Fsp3) is 0.364. The minimum absolute atomic E-state index is 0.159. The van der Waals surface area contributed by atoms with E-state index in [4.69, 9.17) is 4.74 Å². The first-order valence-corrected chi connectivity index (χ1v) is 9.11. The van der Waals surface area contributed by atoms with Gasteiger partial charge < -0.3 is 15.0 Å². The zero-order valence-electron chi connectivity index (χ0n) is 16.4. The molecule has 2 aromatic carbocycles. The van der Waals surface area contributed by atoms with Crippen LogP contribution in [0.2, 0.25) is 0 Å². The van der Waals surface area contributed by atoms with Crippen LogP contribution < -0.4 is 5.32 Å². The monoisotopic (exact) mass is 368 g/mol. The third-order valence-electron chi connectivity index (χ3n) is 3.85. The Morgan fingerprint density at radius 2 is 1.37 bits per heavy atom. The number of ether oxygens (including phenoxy) is 1. The third-order valence-corrected chi connectivity index (χ3v) is 3.85. The maximum absolute atomic E-state index is 13.0. The van der Waals surface area contributed by atoms with Gasteiger partial charge in [-0.2, -0.15) is 0 Å². The molecule has 0 aromatic heterocycles. The molecule has 144 valence electrons. The van der Waals surface area contributed by atoms with E-state index in [1.54, 1.807) is 32.6 Å². The molecule has 5 nitrogen and oxygen atoms in total. The predicted octanol–water partition coefficient (Wildman–Crippen LogP) is 4.13. The number of benzene rings is 2. The summed E-state index contributed by atoms with van der Waals surface area (Å²) in [5.41, 5.74) is 1.46. The highest BCUT2D eigenvalue weighted by atomic mass is 16.6. The van der Waals surface area contributed by atoms with Crippen molar-refractivity contribution >= 4 is 12.0 Å². The van der Waals surface area contributed by atoms with Crippen LogP contribution in [0.25, 0.3) is 0 Å². The second-order valence-corrected chi connectivity index (χ2v) is 7.53. The number of carbonyl (C=O) groups excluding carboxylic acids is 2. The lowest BCUT2D eigenvalue weighted by Crippen LogP contribution is -2.47. The Hall–Kier alpha value is -2.82. The molecule has 0 fully saturated rings. The molecule has 2 aromatic rings. The van der Waals surface area contributed by atoms with Gasteiger partial charge in [0.2, 0.25) is 5.91 Å². The van der Waals surface area contributed by atoms with E-state index in [-0.39, 0.29) is 5.91 Å². The number of rotatable bonds is 6. The van der Waals surface area contributed by atoms with Crippen LogP contribution >= 0.6 is 0 Å². The summed E-state index contributed by atoms with van der Waals surface area (Å²) in [5.74, 6) is -0.159. The zero-order chi connectivity index (χ0) is 19.9. The fourth-order valence-corrected chi connectivity index (χ4v) is 2.64. The van der Waals surface area contributed by atoms with Gasteiger partial charge in [0.05, 0.1) is 0 Å². The van der Waals surface area contributed by atoms with E-state index in [1.165, 1.54) is 0 Å². The molecule has 2 rings (SSSR count). The number of nitrogens with one attached hydrogen (secondary N) is 1. The van der Waals surface area contributed by atoms with E-state index in [2.05, 4.69) is 5.32 Å². The number of amides is 2. The molecular formula is C22H28N2O3. The second-order valence-electron chi connectivity index (χ2n) is 7.53. The summed E-state index contributed by atoms with van der Waals surface area (Å²) in [4.78, 5) is 26.8. The van der Waals surface area contributed by atoms with Crippen LogP contribution in [0.5, 0.6) is 0 Å². The van der Waals surface area contributed by atoms with Gasteiger partial charge >= 0.3 is 6.09 Å². The number of nitrogens with zero attached hydrogens (tertiary/aromatic N) is 1. The van der Waals surface area contributed by atoms with Gasteiger partial charge in [-0.3, -0.25) is 4.79 Å². The highest BCUT2D eigenvalue weighted by molar-refractivity contribution is 5.85. The molecule has 0 radical (unpaired) electrons. The van der Waals surface area contributed by atoms with Crippen molar-refractivity contribution in [3.8, 4) is 0 Å². The maximum Gasteiger partial charge on any atom is 0.408 e. The lowest BCUT2D eigenvalue weighted by molar-refractivity contribution is -0.134. The second kappa shape index (κ2) is 9.21. The molecule has 1 unspecified atom stereocenters. The van der Waals surface area contributed by atoms with Crippen LogP contribution in [0, 0.1) is 0 Å². The standard InChI is InChI=1S/C22H28N2O3/c1-17(23-21(26)27-22(2,3)4)20(25)24(15-18-11-7-5-8-12-18)16-19-13-9-6-10-14-19/h5-14,17H,15-16H2,1-4H3,(H,23,26). The summed E-state index contributed by atoms with van der Waals surface area (Å²) >= 11 is 0. The molecule has 0 saturated heterocycles. The Bertz CT molecular complexity index is 698. The van der Waals surface area contributed by atoms with E-state index in [0.717, 1.165) is 11.1 Å². The summed E-state index contributed by atoms with van der Waals surface area (Å²) in [7, 11) is 0. The number of carbonyl (C=O) groups is 2. The Labute approximate surface area is 161 Å². The molecule has 0 saturated carbocycles. The van der Waals surface area contributed by atoms with Crippen LogP contribution in [0.1, 0.15) is 38.8 Å². The van der Waals surface area contributed by atoms with Gasteiger partial charge in [0.1, 0.15) is 11.6 Å². The van der Waals surface area contributed by atoms with Crippen LogP contribution in [-0.4, -0.2) is 28.5 Å². The van der Waals surface area contributed by atoms with E-state index >= 15 is 0 Å². The van der Waals surface area contributed by atoms with Crippen molar-refractivity contribution in [2.45, 2.75) is 52.4 Å². The van der Waals surface area contributed by atoms with E-state index in [1.807, 2.05) is 60.7 Å². The van der Waals surface area contributed by atoms with Crippen molar-refractivity contribution in [2.24, 2.45) is 0 Å². The molecule has 1 atom stereocenters. The smallest absolute Gasteiger partial charge is 0.408 e. The summed E-state index contributed by atoms with van der Waals surface area (Å²) in [6.45, 7) is 7.97. The fourth-order valence-electron chi connectivity index (χ4n) is 2.64. The van der Waals surface area contributed by atoms with Crippen LogP contribution in [-0.2, 0) is 22.6 Å². The minimum atomic E-state index is -0.688. The Morgan fingerprint density at radius 1 is 0.926 bits per heavy atom. The number of alkyl carbamates (subject to hydrolysis) is 1. The molecule has 2 amide bonds. The first-order chi connectivity index (χ1) is 12.7. The molecule has 0 bridgehead atoms. The highest BCUT2D eigenvalue weighted by Gasteiger charge is 2.25. The van der Waals surface area contributed by atoms with Crippen molar-refractivity contribution in [2.75, 3.05) is 0 Å². The topological polar surface area (TPSA) is 58.6 Å². The largest absolute Gasteiger partial charge is 0.444 e. The molecule has 5 heteroatoms. The van der Waals surface area contributed by atoms with Crippen molar-refractivity contribution in [3.05, 3.63) is 71.8 Å². The molecule has 27 heavy (non-hydrogen) atoms. The van der Waals surface area contributed by atoms with Crippen molar-refractivity contribution in [1.82, 2.24) is 10.2 Å². The average molecular weight is 368 g/mol. The summed E-state index contributed by atoms with van der Waals surface area (Å²) < 4.78 is 5.25. The summed E-state index contributed by atoms with van der Waals surface area (Å²) in [6.07, 6.45) is -0.595. The maximum atomic E-state index is 13.0. The molecule has 0 aliphatic carbocycles. The van der Waals surface area contributed by atoms with Gasteiger partial charge in [-0.15, -0.1) is 0 Å². The molecule has 0 spiro atoms. The van der Waals surface area contributed by atoms with Crippen LogP contribution in [0.3, 0.4) is 0 Å². The van der Waals surface area contributed by atoms with E-state index < -0.39 is 17.7 Å². The lowest BCUT2D eigenvalue weighted by Gasteiger charge is -2.27. The first-order valence-electron chi connectivity index (χ1n) is 9.11. The number of hydrogen-bond acceptors (Lipinski definition) is 3. The van der Waals surface area contributed by atoms with Gasteiger partial charge in [0.15, 0.2) is 0 Å². The van der Waals surface area contributed by atoms with Crippen LogP contribution in [0.4, 0.5) is 4.79 Å². The van der Waals surface area contributed by atoms with Crippen molar-refractivity contribution in [3.63, 3.8) is 0 Å². The van der Waals surface area contributed by atoms with Gasteiger partial charge in [0.25, 0.3) is 0 Å². The van der Waals surface area contributed by atoms with Crippen molar-refractivity contribution < 1.29 is 14.3 Å². The Kier molecular flexibility index (Phi) is 6.99. The average Bonchev–Trinajstić information content (AvgIpc) is 2.60. The Morgan fingerprint density at radius 3 is 1.78 bits per heavy atom. The van der Waals surface area contributed by atoms with E-state index in [9.17, 15) is 9.59 Å². The lowest BCUT2D eigenvalue weighted by atomic mass is 10.1. The third kappa shape index (κ3) is 7.13. The zero-order valence-corrected chi connectivity index (χ0v) is 16.4. The van der Waals surface area contributed by atoms with Crippen LogP contribution in [0.15, 0.2) is 60.7 Å². The normalized spacial score (nSPS) is 12.1. The van der Waals surface area contributed by atoms with E-state index in [0.29, 0.717) is 13.1 Å². The van der Waals surface area contributed by atoms with Gasteiger partial charge in [-0.1, -0.05) is 60.7 Å². The molecule has 1 N–H and O–H groups in total. The van der Waals surface area contributed by atoms with Gasteiger partial charge in [-0.05, 0) is 38.8 Å². The van der Waals surface area contributed by atoms with Gasteiger partial charge in [0, 0.05) is 13.1 Å². The molecular weight excluding hydrogens is 340 g/mol. The summed E-state index contributed by atoms with van der Waals surface area (Å²) in [6, 6.07) is 18.9. The first kappa shape index (κ1) is 20.5.